The Morgan fingerprint density at radius 2 is 1.81 bits per heavy atom. The van der Waals surface area contributed by atoms with Crippen LogP contribution in [0.25, 0.3) is 0 Å². The smallest absolute Gasteiger partial charge is 0.237 e. The minimum Gasteiger partial charge on any atom is -0.330 e. The lowest BCUT2D eigenvalue weighted by Crippen LogP contribution is -2.32. The molecule has 0 spiro atoms. The first kappa shape index (κ1) is 13.4. The molecule has 0 heterocycles. The fraction of sp³-hybridized carbons (Fsp3) is 0.900. The van der Waals surface area contributed by atoms with E-state index < -0.39 is 10.0 Å². The maximum Gasteiger partial charge on any atom is 0.237 e. The molecule has 0 aromatic rings. The lowest BCUT2D eigenvalue weighted by Gasteiger charge is -2.05. The summed E-state index contributed by atoms with van der Waals surface area (Å²) in [7, 11) is -3.35. The van der Waals surface area contributed by atoms with Crippen molar-refractivity contribution in [3.8, 4) is 0 Å². The predicted molar refractivity (Wildman–Crippen MR) is 62.2 cm³/mol. The molecule has 0 atom stereocenters. The van der Waals surface area contributed by atoms with Crippen LogP contribution in [0.1, 0.15) is 44.9 Å². The molecule has 16 heavy (non-hydrogen) atoms. The van der Waals surface area contributed by atoms with E-state index in [0.29, 0.717) is 19.4 Å². The summed E-state index contributed by atoms with van der Waals surface area (Å²) >= 11 is 0. The van der Waals surface area contributed by atoms with Crippen LogP contribution in [0.2, 0.25) is 0 Å². The van der Waals surface area contributed by atoms with E-state index in [-0.39, 0.29) is 17.6 Å². The Labute approximate surface area is 96.8 Å². The molecule has 5 nitrogen and oxygen atoms in total. The van der Waals surface area contributed by atoms with Crippen molar-refractivity contribution in [2.24, 2.45) is 5.73 Å². The first-order valence-corrected chi connectivity index (χ1v) is 7.35. The zero-order valence-electron chi connectivity index (χ0n) is 9.44. The second kappa shape index (κ2) is 6.20. The van der Waals surface area contributed by atoms with E-state index in [0.717, 1.165) is 25.7 Å². The fourth-order valence-electron chi connectivity index (χ4n) is 1.45. The highest BCUT2D eigenvalue weighted by Gasteiger charge is 2.36. The number of nitrogens with one attached hydrogen (secondary N) is 1. The van der Waals surface area contributed by atoms with E-state index >= 15 is 0 Å². The van der Waals surface area contributed by atoms with Crippen molar-refractivity contribution in [3.63, 3.8) is 0 Å². The molecule has 3 N–H and O–H groups in total. The Morgan fingerprint density at radius 3 is 2.38 bits per heavy atom. The normalized spacial score (nSPS) is 16.1. The van der Waals surface area contributed by atoms with Gasteiger partial charge in [-0.25, -0.2) is 8.42 Å². The van der Waals surface area contributed by atoms with Crippen molar-refractivity contribution in [1.29, 1.82) is 0 Å². The van der Waals surface area contributed by atoms with Crippen LogP contribution >= 0.6 is 0 Å². The van der Waals surface area contributed by atoms with Crippen LogP contribution in [0.15, 0.2) is 0 Å². The number of rotatable bonds is 8. The number of unbranched alkanes of at least 4 members (excludes halogenated alkanes) is 3. The van der Waals surface area contributed by atoms with Crippen LogP contribution in [-0.2, 0) is 14.8 Å². The SMILES string of the molecule is NCCCCCCC(=O)NS(=O)(=O)C1CC1. The molecule has 1 aliphatic carbocycles. The third-order valence-electron chi connectivity index (χ3n) is 2.58. The topological polar surface area (TPSA) is 89.3 Å². The van der Waals surface area contributed by atoms with Crippen LogP contribution in [0, 0.1) is 0 Å². The van der Waals surface area contributed by atoms with E-state index in [1.54, 1.807) is 0 Å². The summed E-state index contributed by atoms with van der Waals surface area (Å²) in [5, 5.41) is -0.325. The van der Waals surface area contributed by atoms with Crippen LogP contribution in [0.4, 0.5) is 0 Å². The van der Waals surface area contributed by atoms with Crippen molar-refractivity contribution in [1.82, 2.24) is 4.72 Å². The second-order valence-electron chi connectivity index (χ2n) is 4.22. The molecule has 1 rings (SSSR count). The lowest BCUT2D eigenvalue weighted by molar-refractivity contribution is -0.119. The summed E-state index contributed by atoms with van der Waals surface area (Å²) in [6.45, 7) is 0.669. The van der Waals surface area contributed by atoms with Gasteiger partial charge in [0.2, 0.25) is 15.9 Å². The third kappa shape index (κ3) is 4.94. The molecule has 94 valence electrons. The van der Waals surface area contributed by atoms with Crippen LogP contribution in [0.3, 0.4) is 0 Å². The first-order chi connectivity index (χ1) is 7.56. The number of hydrogen-bond donors (Lipinski definition) is 2. The van der Waals surface area contributed by atoms with Crippen LogP contribution in [-0.4, -0.2) is 26.1 Å². The standard InChI is InChI=1S/C10H20N2O3S/c11-8-4-2-1-3-5-10(13)12-16(14,15)9-6-7-9/h9H,1-8,11H2,(H,12,13). The van der Waals surface area contributed by atoms with Gasteiger partial charge in [0.15, 0.2) is 0 Å². The zero-order valence-corrected chi connectivity index (χ0v) is 10.3. The summed E-state index contributed by atoms with van der Waals surface area (Å²) in [6.07, 6.45) is 5.26. The van der Waals surface area contributed by atoms with Crippen molar-refractivity contribution in [2.75, 3.05) is 6.54 Å². The Hall–Kier alpha value is -0.620. The molecular formula is C10H20N2O3S. The Morgan fingerprint density at radius 1 is 1.19 bits per heavy atom. The Bertz CT molecular complexity index is 323. The molecule has 0 saturated heterocycles. The Kier molecular flexibility index (Phi) is 5.21. The van der Waals surface area contributed by atoms with Crippen molar-refractivity contribution < 1.29 is 13.2 Å². The molecule has 1 saturated carbocycles. The predicted octanol–water partition coefficient (Wildman–Crippen LogP) is 0.504. The number of sulfonamides is 1. The first-order valence-electron chi connectivity index (χ1n) is 5.81. The number of nitrogens with two attached hydrogens (primary N) is 1. The summed E-state index contributed by atoms with van der Waals surface area (Å²) in [4.78, 5) is 11.3. The van der Waals surface area contributed by atoms with Crippen LogP contribution in [0.5, 0.6) is 0 Å². The average molecular weight is 248 g/mol. The molecule has 6 heteroatoms. The molecule has 0 unspecified atom stereocenters. The second-order valence-corrected chi connectivity index (χ2v) is 6.18. The minimum atomic E-state index is -3.35. The van der Waals surface area contributed by atoms with Gasteiger partial charge in [-0.3, -0.25) is 9.52 Å². The highest BCUT2D eigenvalue weighted by molar-refractivity contribution is 7.90. The van der Waals surface area contributed by atoms with Gasteiger partial charge in [0, 0.05) is 6.42 Å². The van der Waals surface area contributed by atoms with E-state index in [4.69, 9.17) is 5.73 Å². The number of carbonyl (C=O) groups excluding carboxylic acids is 1. The molecular weight excluding hydrogens is 228 g/mol. The minimum absolute atomic E-state index is 0.288. The van der Waals surface area contributed by atoms with E-state index in [9.17, 15) is 13.2 Å². The molecule has 1 fully saturated rings. The van der Waals surface area contributed by atoms with Gasteiger partial charge in [-0.2, -0.15) is 0 Å². The fourth-order valence-corrected chi connectivity index (χ4v) is 2.80. The summed E-state index contributed by atoms with van der Waals surface area (Å²) < 4.78 is 24.9. The summed E-state index contributed by atoms with van der Waals surface area (Å²) in [5.74, 6) is -0.375. The summed E-state index contributed by atoms with van der Waals surface area (Å²) in [6, 6.07) is 0. The van der Waals surface area contributed by atoms with Crippen LogP contribution < -0.4 is 10.5 Å². The van der Waals surface area contributed by atoms with E-state index in [1.165, 1.54) is 0 Å². The highest BCUT2D eigenvalue weighted by atomic mass is 32.2. The molecule has 0 bridgehead atoms. The van der Waals surface area contributed by atoms with Gasteiger partial charge in [0.05, 0.1) is 5.25 Å². The molecule has 0 aromatic carbocycles. The van der Waals surface area contributed by atoms with Crippen molar-refractivity contribution in [3.05, 3.63) is 0 Å². The van der Waals surface area contributed by atoms with Crippen molar-refractivity contribution >= 4 is 15.9 Å². The number of hydrogen-bond acceptors (Lipinski definition) is 4. The van der Waals surface area contributed by atoms with Gasteiger partial charge in [-0.05, 0) is 32.2 Å². The molecule has 0 radical (unpaired) electrons. The van der Waals surface area contributed by atoms with Gasteiger partial charge in [0.1, 0.15) is 0 Å². The molecule has 0 aliphatic heterocycles. The molecule has 1 amide bonds. The van der Waals surface area contributed by atoms with Gasteiger partial charge in [0.25, 0.3) is 0 Å². The lowest BCUT2D eigenvalue weighted by atomic mass is 10.1. The number of amides is 1. The number of carbonyl (C=O) groups is 1. The maximum atomic E-state index is 11.4. The third-order valence-corrected chi connectivity index (χ3v) is 4.44. The monoisotopic (exact) mass is 248 g/mol. The van der Waals surface area contributed by atoms with Gasteiger partial charge >= 0.3 is 0 Å². The van der Waals surface area contributed by atoms with Gasteiger partial charge in [-0.1, -0.05) is 12.8 Å². The van der Waals surface area contributed by atoms with Gasteiger partial charge in [-0.15, -0.1) is 0 Å². The molecule has 1 aliphatic rings. The quantitative estimate of drug-likeness (QED) is 0.612. The summed E-state index contributed by atoms with van der Waals surface area (Å²) in [5.41, 5.74) is 5.34. The van der Waals surface area contributed by atoms with Gasteiger partial charge < -0.3 is 5.73 Å². The Balaban J connectivity index is 2.11. The van der Waals surface area contributed by atoms with E-state index in [2.05, 4.69) is 4.72 Å². The zero-order chi connectivity index (χ0) is 12.0. The average Bonchev–Trinajstić information content (AvgIpc) is 2.99. The van der Waals surface area contributed by atoms with Crippen molar-refractivity contribution in [2.45, 2.75) is 50.2 Å². The molecule has 0 aromatic heterocycles. The highest BCUT2D eigenvalue weighted by Crippen LogP contribution is 2.27. The van der Waals surface area contributed by atoms with E-state index in [1.807, 2.05) is 0 Å². The maximum absolute atomic E-state index is 11.4. The largest absolute Gasteiger partial charge is 0.330 e.